The molecule has 2 heterocycles. The molecule has 0 saturated carbocycles. The molecule has 0 atom stereocenters. The van der Waals surface area contributed by atoms with Crippen LogP contribution in [0.15, 0.2) is 47.5 Å². The number of carbonyl (C=O) groups is 1. The number of nitrogens with one attached hydrogen (secondary N) is 2. The van der Waals surface area contributed by atoms with Gasteiger partial charge in [-0.25, -0.2) is 22.8 Å². The molecule has 0 unspecified atom stereocenters. The number of nitrogens with zero attached hydrogens (tertiary/aromatic N) is 3. The predicted octanol–water partition coefficient (Wildman–Crippen LogP) is 4.01. The quantitative estimate of drug-likeness (QED) is 0.523. The number of hydrogen-bond donors (Lipinski definition) is 2. The minimum absolute atomic E-state index is 0.130. The molecule has 1 amide bonds. The molecule has 0 fully saturated rings. The first kappa shape index (κ1) is 22.8. The fraction of sp³-hybridized carbons (Fsp3) is 0.250. The Morgan fingerprint density at radius 1 is 1.19 bits per heavy atom. The van der Waals surface area contributed by atoms with E-state index in [0.29, 0.717) is 28.8 Å². The summed E-state index contributed by atoms with van der Waals surface area (Å²) in [7, 11) is -3.62. The summed E-state index contributed by atoms with van der Waals surface area (Å²) < 4.78 is 40.0. The highest BCUT2D eigenvalue weighted by atomic mass is 32.2. The summed E-state index contributed by atoms with van der Waals surface area (Å²) in [4.78, 5) is 20.9. The van der Waals surface area contributed by atoms with Crippen LogP contribution in [-0.4, -0.2) is 41.7 Å². The van der Waals surface area contributed by atoms with Crippen LogP contribution in [0.1, 0.15) is 29.3 Å². The maximum absolute atomic E-state index is 13.0. The maximum atomic E-state index is 13.0. The van der Waals surface area contributed by atoms with Crippen molar-refractivity contribution in [2.45, 2.75) is 25.7 Å². The monoisotopic (exact) mass is 463 g/mol. The van der Waals surface area contributed by atoms with Crippen molar-refractivity contribution in [3.63, 3.8) is 0 Å². The van der Waals surface area contributed by atoms with Crippen LogP contribution in [0, 0.1) is 12.7 Å². The summed E-state index contributed by atoms with van der Waals surface area (Å²) in [5, 5.41) is 6.76. The van der Waals surface area contributed by atoms with Gasteiger partial charge in [-0.15, -0.1) is 11.3 Å². The number of benzene rings is 1. The Hall–Kier alpha value is -2.89. The van der Waals surface area contributed by atoms with Gasteiger partial charge in [0, 0.05) is 18.8 Å². The van der Waals surface area contributed by atoms with Gasteiger partial charge in [0.15, 0.2) is 5.69 Å². The zero-order valence-electron chi connectivity index (χ0n) is 17.2. The third kappa shape index (κ3) is 5.24. The standard InChI is InChI=1S/C20H22FN5O3S2/c1-4-26(5-2)31(28,29)16-8-6-7-15(11-16)24-20-18(23-13(3)30-20)19(27)25-17-10-9-14(21)12-22-17/h6-12,24H,4-5H2,1-3H3,(H,22,25,27). The molecule has 0 aliphatic carbocycles. The van der Waals surface area contributed by atoms with Gasteiger partial charge in [-0.1, -0.05) is 19.9 Å². The van der Waals surface area contributed by atoms with E-state index in [0.717, 1.165) is 6.20 Å². The van der Waals surface area contributed by atoms with Crippen molar-refractivity contribution >= 4 is 43.8 Å². The molecule has 1 aromatic carbocycles. The van der Waals surface area contributed by atoms with E-state index in [-0.39, 0.29) is 16.4 Å². The molecule has 0 bridgehead atoms. The Bertz CT molecular complexity index is 1180. The second-order valence-electron chi connectivity index (χ2n) is 6.47. The molecule has 31 heavy (non-hydrogen) atoms. The molecular formula is C20H22FN5O3S2. The summed E-state index contributed by atoms with van der Waals surface area (Å²) in [5.74, 6) is -0.836. The van der Waals surface area contributed by atoms with Gasteiger partial charge in [-0.3, -0.25) is 4.79 Å². The number of rotatable bonds is 8. The van der Waals surface area contributed by atoms with E-state index < -0.39 is 21.7 Å². The van der Waals surface area contributed by atoms with E-state index in [9.17, 15) is 17.6 Å². The molecule has 3 rings (SSSR count). The minimum atomic E-state index is -3.62. The molecule has 2 N–H and O–H groups in total. The SMILES string of the molecule is CCN(CC)S(=O)(=O)c1cccc(Nc2sc(C)nc2C(=O)Nc2ccc(F)cn2)c1. The van der Waals surface area contributed by atoms with Crippen molar-refractivity contribution in [2.24, 2.45) is 0 Å². The Kier molecular flexibility index (Phi) is 6.98. The maximum Gasteiger partial charge on any atom is 0.278 e. The summed E-state index contributed by atoms with van der Waals surface area (Å²) in [6, 6.07) is 8.93. The van der Waals surface area contributed by atoms with E-state index in [1.807, 2.05) is 0 Å². The molecule has 0 radical (unpaired) electrons. The number of aromatic nitrogens is 2. The van der Waals surface area contributed by atoms with Gasteiger partial charge in [0.25, 0.3) is 5.91 Å². The molecule has 11 heteroatoms. The molecule has 0 spiro atoms. The fourth-order valence-electron chi connectivity index (χ4n) is 2.87. The summed E-state index contributed by atoms with van der Waals surface area (Å²) in [5.41, 5.74) is 0.636. The van der Waals surface area contributed by atoms with Crippen molar-refractivity contribution in [1.29, 1.82) is 0 Å². The van der Waals surface area contributed by atoms with E-state index >= 15 is 0 Å². The zero-order chi connectivity index (χ0) is 22.6. The number of hydrogen-bond acceptors (Lipinski definition) is 7. The Morgan fingerprint density at radius 3 is 2.58 bits per heavy atom. The van der Waals surface area contributed by atoms with Crippen molar-refractivity contribution in [3.8, 4) is 0 Å². The molecule has 164 valence electrons. The Labute approximate surface area is 184 Å². The van der Waals surface area contributed by atoms with Crippen molar-refractivity contribution in [2.75, 3.05) is 23.7 Å². The van der Waals surface area contributed by atoms with Crippen LogP contribution in [0.25, 0.3) is 0 Å². The lowest BCUT2D eigenvalue weighted by molar-refractivity contribution is 0.102. The predicted molar refractivity (Wildman–Crippen MR) is 119 cm³/mol. The number of amides is 1. The van der Waals surface area contributed by atoms with E-state index in [4.69, 9.17) is 0 Å². The van der Waals surface area contributed by atoms with Crippen LogP contribution in [0.4, 0.5) is 20.9 Å². The van der Waals surface area contributed by atoms with E-state index in [1.54, 1.807) is 32.9 Å². The number of anilines is 3. The number of sulfonamides is 1. The van der Waals surface area contributed by atoms with Gasteiger partial charge < -0.3 is 10.6 Å². The first-order valence-electron chi connectivity index (χ1n) is 9.52. The molecule has 8 nitrogen and oxygen atoms in total. The van der Waals surface area contributed by atoms with Crippen LogP contribution in [0.3, 0.4) is 0 Å². The summed E-state index contributed by atoms with van der Waals surface area (Å²) in [6.45, 7) is 6.05. The molecule has 0 aliphatic heterocycles. The Balaban J connectivity index is 1.86. The molecule has 3 aromatic rings. The normalized spacial score (nSPS) is 11.5. The average Bonchev–Trinajstić information content (AvgIpc) is 3.11. The fourth-order valence-corrected chi connectivity index (χ4v) is 5.21. The van der Waals surface area contributed by atoms with Gasteiger partial charge in [0.05, 0.1) is 16.1 Å². The van der Waals surface area contributed by atoms with Crippen LogP contribution >= 0.6 is 11.3 Å². The topological polar surface area (TPSA) is 104 Å². The van der Waals surface area contributed by atoms with Crippen LogP contribution in [0.2, 0.25) is 0 Å². The molecule has 2 aromatic heterocycles. The lowest BCUT2D eigenvalue weighted by Crippen LogP contribution is -2.30. The lowest BCUT2D eigenvalue weighted by atomic mass is 10.3. The largest absolute Gasteiger partial charge is 0.345 e. The van der Waals surface area contributed by atoms with Gasteiger partial charge in [0.1, 0.15) is 16.6 Å². The lowest BCUT2D eigenvalue weighted by Gasteiger charge is -2.19. The Morgan fingerprint density at radius 2 is 1.94 bits per heavy atom. The van der Waals surface area contributed by atoms with Gasteiger partial charge >= 0.3 is 0 Å². The van der Waals surface area contributed by atoms with Gasteiger partial charge in [0.2, 0.25) is 10.0 Å². The summed E-state index contributed by atoms with van der Waals surface area (Å²) in [6.07, 6.45) is 1.00. The smallest absolute Gasteiger partial charge is 0.278 e. The first-order chi connectivity index (χ1) is 14.7. The highest BCUT2D eigenvalue weighted by molar-refractivity contribution is 7.89. The van der Waals surface area contributed by atoms with Crippen LogP contribution in [-0.2, 0) is 10.0 Å². The molecular weight excluding hydrogens is 441 g/mol. The van der Waals surface area contributed by atoms with E-state index in [1.165, 1.54) is 39.9 Å². The average molecular weight is 464 g/mol. The van der Waals surface area contributed by atoms with Crippen molar-refractivity contribution in [3.05, 3.63) is 59.1 Å². The van der Waals surface area contributed by atoms with Crippen LogP contribution < -0.4 is 10.6 Å². The second-order valence-corrected chi connectivity index (χ2v) is 9.61. The number of halogens is 1. The number of carbonyl (C=O) groups excluding carboxylic acids is 1. The summed E-state index contributed by atoms with van der Waals surface area (Å²) >= 11 is 1.26. The highest BCUT2D eigenvalue weighted by Gasteiger charge is 2.23. The van der Waals surface area contributed by atoms with Gasteiger partial charge in [-0.2, -0.15) is 4.31 Å². The van der Waals surface area contributed by atoms with Crippen molar-refractivity contribution in [1.82, 2.24) is 14.3 Å². The minimum Gasteiger partial charge on any atom is -0.345 e. The zero-order valence-corrected chi connectivity index (χ0v) is 18.8. The van der Waals surface area contributed by atoms with Crippen molar-refractivity contribution < 1.29 is 17.6 Å². The third-order valence-electron chi connectivity index (χ3n) is 4.35. The van der Waals surface area contributed by atoms with Gasteiger partial charge in [-0.05, 0) is 37.3 Å². The number of pyridine rings is 1. The van der Waals surface area contributed by atoms with E-state index in [2.05, 4.69) is 20.6 Å². The molecule has 0 saturated heterocycles. The highest BCUT2D eigenvalue weighted by Crippen LogP contribution is 2.30. The number of aryl methyl sites for hydroxylation is 1. The third-order valence-corrected chi connectivity index (χ3v) is 7.29. The molecule has 0 aliphatic rings. The number of thiazole rings is 1. The first-order valence-corrected chi connectivity index (χ1v) is 11.8. The van der Waals surface area contributed by atoms with Crippen LogP contribution in [0.5, 0.6) is 0 Å². The second kappa shape index (κ2) is 9.50.